The summed E-state index contributed by atoms with van der Waals surface area (Å²) in [6.07, 6.45) is 3.88. The first kappa shape index (κ1) is 17.4. The van der Waals surface area contributed by atoms with Gasteiger partial charge in [0.05, 0.1) is 0 Å². The van der Waals surface area contributed by atoms with Gasteiger partial charge in [-0.15, -0.1) is 0 Å². The van der Waals surface area contributed by atoms with Crippen LogP contribution in [0.1, 0.15) is 24.5 Å². The predicted molar refractivity (Wildman–Crippen MR) is 95.8 cm³/mol. The molecule has 0 spiro atoms. The Hall–Kier alpha value is -2.95. The highest BCUT2D eigenvalue weighted by Crippen LogP contribution is 2.15. The van der Waals surface area contributed by atoms with Crippen LogP contribution in [-0.2, 0) is 22.4 Å². The Kier molecular flexibility index (Phi) is 6.71. The topological polar surface area (TPSA) is 70.6 Å². The Morgan fingerprint density at radius 2 is 1.71 bits per heavy atom. The summed E-state index contributed by atoms with van der Waals surface area (Å²) in [4.78, 5) is 23.6. The van der Waals surface area contributed by atoms with Gasteiger partial charge in [0.1, 0.15) is 0 Å². The van der Waals surface area contributed by atoms with Gasteiger partial charge in [-0.25, -0.2) is 5.43 Å². The maximum Gasteiger partial charge on any atom is 0.329 e. The lowest BCUT2D eigenvalue weighted by Gasteiger charge is -2.08. The Labute approximate surface area is 141 Å². The number of carbonyl (C=O) groups is 2. The molecule has 2 amide bonds. The zero-order valence-electron chi connectivity index (χ0n) is 13.7. The highest BCUT2D eigenvalue weighted by atomic mass is 16.2. The van der Waals surface area contributed by atoms with Gasteiger partial charge in [0, 0.05) is 11.9 Å². The van der Waals surface area contributed by atoms with E-state index in [1.54, 1.807) is 12.3 Å². The fourth-order valence-electron chi connectivity index (χ4n) is 2.23. The normalized spacial score (nSPS) is 10.5. The first-order chi connectivity index (χ1) is 11.7. The molecular weight excluding hydrogens is 302 g/mol. The monoisotopic (exact) mass is 323 g/mol. The number of nitrogens with one attached hydrogen (secondary N) is 2. The lowest BCUT2D eigenvalue weighted by Crippen LogP contribution is -2.32. The van der Waals surface area contributed by atoms with E-state index < -0.39 is 11.8 Å². The van der Waals surface area contributed by atoms with Crippen LogP contribution >= 0.6 is 0 Å². The van der Waals surface area contributed by atoms with Crippen molar-refractivity contribution in [3.63, 3.8) is 0 Å². The van der Waals surface area contributed by atoms with Gasteiger partial charge in [-0.1, -0.05) is 55.5 Å². The van der Waals surface area contributed by atoms with Crippen molar-refractivity contribution in [2.24, 2.45) is 5.10 Å². The van der Waals surface area contributed by atoms with E-state index >= 15 is 0 Å². The third kappa shape index (κ3) is 5.35. The molecule has 0 aromatic heterocycles. The van der Waals surface area contributed by atoms with E-state index in [2.05, 4.69) is 15.8 Å². The SMILES string of the molecule is CCc1ccccc1NC(=O)C(=O)N/N=C/CCc1ccccc1. The Morgan fingerprint density at radius 1 is 1.00 bits per heavy atom. The second-order valence-electron chi connectivity index (χ2n) is 5.24. The minimum atomic E-state index is -0.781. The molecular formula is C19H21N3O2. The highest BCUT2D eigenvalue weighted by molar-refractivity contribution is 6.39. The molecule has 0 aliphatic heterocycles. The maximum atomic E-state index is 11.9. The largest absolute Gasteiger partial charge is 0.329 e. The van der Waals surface area contributed by atoms with Crippen molar-refractivity contribution < 1.29 is 9.59 Å². The number of hydrogen-bond acceptors (Lipinski definition) is 3. The molecule has 0 aliphatic carbocycles. The van der Waals surface area contributed by atoms with Crippen molar-refractivity contribution >= 4 is 23.7 Å². The number of rotatable bonds is 6. The smallest absolute Gasteiger partial charge is 0.317 e. The number of anilines is 1. The molecule has 5 heteroatoms. The molecule has 0 atom stereocenters. The lowest BCUT2D eigenvalue weighted by molar-refractivity contribution is -0.136. The molecule has 2 aromatic carbocycles. The third-order valence-corrected chi connectivity index (χ3v) is 3.52. The average molecular weight is 323 g/mol. The molecule has 0 fully saturated rings. The van der Waals surface area contributed by atoms with Gasteiger partial charge in [0.15, 0.2) is 0 Å². The predicted octanol–water partition coefficient (Wildman–Crippen LogP) is 2.92. The van der Waals surface area contributed by atoms with E-state index in [1.807, 2.05) is 55.5 Å². The molecule has 0 saturated heterocycles. The van der Waals surface area contributed by atoms with Crippen molar-refractivity contribution in [1.29, 1.82) is 0 Å². The van der Waals surface area contributed by atoms with Gasteiger partial charge in [0.2, 0.25) is 0 Å². The van der Waals surface area contributed by atoms with E-state index in [-0.39, 0.29) is 0 Å². The summed E-state index contributed by atoms with van der Waals surface area (Å²) in [5.41, 5.74) is 5.07. The van der Waals surface area contributed by atoms with Crippen LogP contribution in [0.25, 0.3) is 0 Å². The van der Waals surface area contributed by atoms with Crippen LogP contribution in [0, 0.1) is 0 Å². The minimum absolute atomic E-state index is 0.646. The summed E-state index contributed by atoms with van der Waals surface area (Å²) < 4.78 is 0. The molecule has 2 aromatic rings. The number of benzene rings is 2. The molecule has 0 aliphatic rings. The molecule has 5 nitrogen and oxygen atoms in total. The summed E-state index contributed by atoms with van der Waals surface area (Å²) in [6, 6.07) is 17.4. The summed E-state index contributed by atoms with van der Waals surface area (Å²) in [7, 11) is 0. The molecule has 0 radical (unpaired) electrons. The molecule has 2 rings (SSSR count). The number of aryl methyl sites for hydroxylation is 2. The quantitative estimate of drug-likeness (QED) is 0.487. The highest BCUT2D eigenvalue weighted by Gasteiger charge is 2.13. The summed E-state index contributed by atoms with van der Waals surface area (Å²) in [6.45, 7) is 1.99. The van der Waals surface area contributed by atoms with Crippen molar-refractivity contribution in [1.82, 2.24) is 5.43 Å². The van der Waals surface area contributed by atoms with Gasteiger partial charge in [-0.05, 0) is 36.5 Å². The van der Waals surface area contributed by atoms with E-state index in [0.717, 1.165) is 18.4 Å². The van der Waals surface area contributed by atoms with E-state index in [0.29, 0.717) is 12.1 Å². The van der Waals surface area contributed by atoms with Crippen LogP contribution in [0.2, 0.25) is 0 Å². The van der Waals surface area contributed by atoms with Gasteiger partial charge in [0.25, 0.3) is 0 Å². The minimum Gasteiger partial charge on any atom is -0.317 e. The fourth-order valence-corrected chi connectivity index (χ4v) is 2.23. The fraction of sp³-hybridized carbons (Fsp3) is 0.211. The average Bonchev–Trinajstić information content (AvgIpc) is 2.62. The first-order valence-corrected chi connectivity index (χ1v) is 7.95. The lowest BCUT2D eigenvalue weighted by atomic mass is 10.1. The number of carbonyl (C=O) groups excluding carboxylic acids is 2. The van der Waals surface area contributed by atoms with Crippen LogP contribution < -0.4 is 10.7 Å². The number of para-hydroxylation sites is 1. The van der Waals surface area contributed by atoms with E-state index in [4.69, 9.17) is 0 Å². The summed E-state index contributed by atoms with van der Waals surface area (Å²) in [5, 5.41) is 6.41. The Balaban J connectivity index is 1.77. The molecule has 0 bridgehead atoms. The maximum absolute atomic E-state index is 11.9. The zero-order valence-corrected chi connectivity index (χ0v) is 13.7. The Bertz CT molecular complexity index is 712. The van der Waals surface area contributed by atoms with Crippen molar-refractivity contribution in [3.8, 4) is 0 Å². The van der Waals surface area contributed by atoms with Crippen molar-refractivity contribution in [2.75, 3.05) is 5.32 Å². The van der Waals surface area contributed by atoms with Crippen LogP contribution in [0.3, 0.4) is 0 Å². The van der Waals surface area contributed by atoms with E-state index in [9.17, 15) is 9.59 Å². The summed E-state index contributed by atoms with van der Waals surface area (Å²) in [5.74, 6) is -1.51. The second-order valence-corrected chi connectivity index (χ2v) is 5.24. The number of hydrogen-bond donors (Lipinski definition) is 2. The molecule has 0 saturated carbocycles. The number of hydrazone groups is 1. The molecule has 124 valence electrons. The molecule has 0 unspecified atom stereocenters. The first-order valence-electron chi connectivity index (χ1n) is 7.95. The van der Waals surface area contributed by atoms with Crippen molar-refractivity contribution in [3.05, 3.63) is 65.7 Å². The zero-order chi connectivity index (χ0) is 17.2. The second kappa shape index (κ2) is 9.25. The van der Waals surface area contributed by atoms with Gasteiger partial charge in [-0.2, -0.15) is 5.10 Å². The van der Waals surface area contributed by atoms with Crippen LogP contribution in [-0.4, -0.2) is 18.0 Å². The van der Waals surface area contributed by atoms with E-state index in [1.165, 1.54) is 5.56 Å². The Morgan fingerprint density at radius 3 is 2.46 bits per heavy atom. The van der Waals surface area contributed by atoms with Crippen LogP contribution in [0.4, 0.5) is 5.69 Å². The van der Waals surface area contributed by atoms with Gasteiger partial charge >= 0.3 is 11.8 Å². The molecule has 0 heterocycles. The molecule has 2 N–H and O–H groups in total. The summed E-state index contributed by atoms with van der Waals surface area (Å²) >= 11 is 0. The van der Waals surface area contributed by atoms with Gasteiger partial charge < -0.3 is 5.32 Å². The number of amides is 2. The third-order valence-electron chi connectivity index (χ3n) is 3.52. The van der Waals surface area contributed by atoms with Crippen molar-refractivity contribution in [2.45, 2.75) is 26.2 Å². The standard InChI is InChI=1S/C19H21N3O2/c1-2-16-12-6-7-13-17(16)21-18(23)19(24)22-20-14-8-11-15-9-4-3-5-10-15/h3-7,9-10,12-14H,2,8,11H2,1H3,(H,21,23)(H,22,24)/b20-14+. The van der Waals surface area contributed by atoms with Crippen LogP contribution in [0.5, 0.6) is 0 Å². The van der Waals surface area contributed by atoms with Gasteiger partial charge in [-0.3, -0.25) is 9.59 Å². The number of nitrogens with zero attached hydrogens (tertiary/aromatic N) is 1. The van der Waals surface area contributed by atoms with Crippen LogP contribution in [0.15, 0.2) is 59.7 Å². The molecule has 24 heavy (non-hydrogen) atoms.